The molecule has 0 unspecified atom stereocenters. The Morgan fingerprint density at radius 3 is 2.67 bits per heavy atom. The molecule has 3 heteroatoms. The Labute approximate surface area is 98.3 Å². The number of thioether (sulfide) groups is 1. The second kappa shape index (κ2) is 6.44. The van der Waals surface area contributed by atoms with Crippen LogP contribution in [0, 0.1) is 0 Å². The molecule has 0 aromatic carbocycles. The van der Waals surface area contributed by atoms with Crippen molar-refractivity contribution in [1.29, 1.82) is 0 Å². The van der Waals surface area contributed by atoms with Gasteiger partial charge < -0.3 is 4.74 Å². The molecular weight excluding hydrogens is 206 g/mol. The predicted octanol–water partition coefficient (Wildman–Crippen LogP) is 3.21. The van der Waals surface area contributed by atoms with Crippen molar-refractivity contribution < 1.29 is 9.22 Å². The average Bonchev–Trinajstić information content (AvgIpc) is 2.68. The van der Waals surface area contributed by atoms with Gasteiger partial charge in [-0.2, -0.15) is 0 Å². The van der Waals surface area contributed by atoms with E-state index in [2.05, 4.69) is 26.2 Å². The van der Waals surface area contributed by atoms with Crippen LogP contribution in [-0.4, -0.2) is 36.5 Å². The van der Waals surface area contributed by atoms with Crippen LogP contribution >= 0.6 is 11.8 Å². The summed E-state index contributed by atoms with van der Waals surface area (Å²) < 4.78 is 6.78. The summed E-state index contributed by atoms with van der Waals surface area (Å²) in [6.45, 7) is 11.1. The van der Waals surface area contributed by atoms with Crippen molar-refractivity contribution in [1.82, 2.24) is 0 Å². The number of hydrogen-bond donors (Lipinski definition) is 0. The number of hydrogen-bond acceptors (Lipinski definition) is 2. The van der Waals surface area contributed by atoms with E-state index in [1.54, 1.807) is 0 Å². The van der Waals surface area contributed by atoms with E-state index in [-0.39, 0.29) is 0 Å². The van der Waals surface area contributed by atoms with Gasteiger partial charge in [-0.05, 0) is 26.0 Å². The minimum atomic E-state index is 0.891. The topological polar surface area (TPSA) is 9.23 Å². The highest BCUT2D eigenvalue weighted by atomic mass is 32.2. The van der Waals surface area contributed by atoms with Gasteiger partial charge in [0.05, 0.1) is 18.5 Å². The quantitative estimate of drug-likeness (QED) is 0.512. The van der Waals surface area contributed by atoms with Gasteiger partial charge in [0, 0.05) is 0 Å². The molecule has 0 N–H and O–H groups in total. The Morgan fingerprint density at radius 1 is 1.33 bits per heavy atom. The molecule has 0 bridgehead atoms. The van der Waals surface area contributed by atoms with Crippen LogP contribution < -0.4 is 0 Å². The van der Waals surface area contributed by atoms with E-state index in [9.17, 15) is 0 Å². The van der Waals surface area contributed by atoms with E-state index in [1.165, 1.54) is 24.5 Å². The van der Waals surface area contributed by atoms with Crippen molar-refractivity contribution in [2.75, 3.05) is 32.0 Å². The number of quaternary nitrogens is 1. The van der Waals surface area contributed by atoms with Crippen molar-refractivity contribution in [3.8, 4) is 0 Å². The third kappa shape index (κ3) is 3.15. The molecule has 0 aliphatic carbocycles. The Morgan fingerprint density at radius 2 is 2.07 bits per heavy atom. The van der Waals surface area contributed by atoms with Crippen LogP contribution in [0.4, 0.5) is 0 Å². The molecule has 1 saturated heterocycles. The first-order chi connectivity index (χ1) is 7.29. The van der Waals surface area contributed by atoms with Crippen molar-refractivity contribution in [3.05, 3.63) is 11.3 Å². The average molecular weight is 230 g/mol. The lowest BCUT2D eigenvalue weighted by molar-refractivity contribution is -0.884. The van der Waals surface area contributed by atoms with Crippen LogP contribution in [0.2, 0.25) is 0 Å². The van der Waals surface area contributed by atoms with E-state index >= 15 is 0 Å². The normalized spacial score (nSPS) is 21.9. The summed E-state index contributed by atoms with van der Waals surface area (Å²) in [5.74, 6) is 2.41. The van der Waals surface area contributed by atoms with Gasteiger partial charge in [-0.15, -0.1) is 11.8 Å². The SMILES string of the molecule is CCCCS/C=C1/OCC[N+]1(CC)CC. The zero-order chi connectivity index (χ0) is 11.1. The summed E-state index contributed by atoms with van der Waals surface area (Å²) in [4.78, 5) is 0. The Bertz CT molecular complexity index is 212. The fraction of sp³-hybridized carbons (Fsp3) is 0.833. The van der Waals surface area contributed by atoms with E-state index in [0.717, 1.165) is 30.7 Å². The first kappa shape index (κ1) is 12.9. The molecule has 88 valence electrons. The van der Waals surface area contributed by atoms with Gasteiger partial charge in [-0.1, -0.05) is 13.3 Å². The maximum Gasteiger partial charge on any atom is 0.298 e. The predicted molar refractivity (Wildman–Crippen MR) is 67.6 cm³/mol. The fourth-order valence-electron chi connectivity index (χ4n) is 1.93. The highest BCUT2D eigenvalue weighted by Crippen LogP contribution is 2.27. The van der Waals surface area contributed by atoms with Crippen LogP contribution in [0.3, 0.4) is 0 Å². The second-order valence-electron chi connectivity index (χ2n) is 4.03. The standard InChI is InChI=1S/C12H24NOS/c1-4-7-10-15-11-12-13(5-2,6-3)8-9-14-12/h11H,4-10H2,1-3H3/q+1/b12-11+. The minimum Gasteiger partial charge on any atom is -0.446 e. The maximum absolute atomic E-state index is 5.74. The smallest absolute Gasteiger partial charge is 0.298 e. The molecule has 1 aliphatic rings. The van der Waals surface area contributed by atoms with Crippen LogP contribution in [0.1, 0.15) is 33.6 Å². The zero-order valence-electron chi connectivity index (χ0n) is 10.3. The number of ether oxygens (including phenoxy) is 1. The van der Waals surface area contributed by atoms with Gasteiger partial charge in [0.1, 0.15) is 13.2 Å². The van der Waals surface area contributed by atoms with Crippen LogP contribution in [0.25, 0.3) is 0 Å². The van der Waals surface area contributed by atoms with Gasteiger partial charge in [0.15, 0.2) is 0 Å². The zero-order valence-corrected chi connectivity index (χ0v) is 11.1. The molecule has 0 saturated carbocycles. The molecule has 15 heavy (non-hydrogen) atoms. The number of likely N-dealkylation sites (N-methyl/N-ethyl adjacent to an activating group) is 1. The van der Waals surface area contributed by atoms with Crippen LogP contribution in [0.5, 0.6) is 0 Å². The van der Waals surface area contributed by atoms with Crippen LogP contribution in [0.15, 0.2) is 11.3 Å². The molecule has 2 nitrogen and oxygen atoms in total. The van der Waals surface area contributed by atoms with Gasteiger partial charge >= 0.3 is 0 Å². The summed E-state index contributed by atoms with van der Waals surface area (Å²) in [6.07, 6.45) is 2.57. The maximum atomic E-state index is 5.74. The molecule has 0 radical (unpaired) electrons. The van der Waals surface area contributed by atoms with E-state index < -0.39 is 0 Å². The van der Waals surface area contributed by atoms with Crippen molar-refractivity contribution in [2.24, 2.45) is 0 Å². The molecule has 1 fully saturated rings. The van der Waals surface area contributed by atoms with Gasteiger partial charge in [0.2, 0.25) is 0 Å². The van der Waals surface area contributed by atoms with Gasteiger partial charge in [0.25, 0.3) is 5.88 Å². The number of unbranched alkanes of at least 4 members (excludes halogenated alkanes) is 1. The van der Waals surface area contributed by atoms with Crippen molar-refractivity contribution in [2.45, 2.75) is 33.6 Å². The summed E-state index contributed by atoms with van der Waals surface area (Å²) >= 11 is 1.91. The first-order valence-electron chi connectivity index (χ1n) is 6.10. The summed E-state index contributed by atoms with van der Waals surface area (Å²) in [5, 5.41) is 2.25. The largest absolute Gasteiger partial charge is 0.446 e. The molecule has 1 aliphatic heterocycles. The first-order valence-corrected chi connectivity index (χ1v) is 7.15. The lowest BCUT2D eigenvalue weighted by Crippen LogP contribution is -2.43. The van der Waals surface area contributed by atoms with Gasteiger partial charge in [-0.25, -0.2) is 0 Å². The Kier molecular flexibility index (Phi) is 5.54. The molecule has 1 heterocycles. The molecular formula is C12H24NOS+. The van der Waals surface area contributed by atoms with E-state index in [4.69, 9.17) is 4.74 Å². The Hall–Kier alpha value is -0.150. The summed E-state index contributed by atoms with van der Waals surface area (Å²) in [6, 6.07) is 0. The van der Waals surface area contributed by atoms with E-state index in [1.807, 2.05) is 11.8 Å². The summed E-state index contributed by atoms with van der Waals surface area (Å²) in [7, 11) is 0. The van der Waals surface area contributed by atoms with Crippen molar-refractivity contribution in [3.63, 3.8) is 0 Å². The highest BCUT2D eigenvalue weighted by molar-refractivity contribution is 8.02. The van der Waals surface area contributed by atoms with Crippen LogP contribution in [-0.2, 0) is 4.74 Å². The highest BCUT2D eigenvalue weighted by Gasteiger charge is 2.36. The van der Waals surface area contributed by atoms with Gasteiger partial charge in [-0.3, -0.25) is 4.48 Å². The van der Waals surface area contributed by atoms with E-state index in [0.29, 0.717) is 0 Å². The van der Waals surface area contributed by atoms with Crippen molar-refractivity contribution >= 4 is 11.8 Å². The molecule has 0 aromatic rings. The molecule has 0 atom stereocenters. The minimum absolute atomic E-state index is 0.891. The number of rotatable bonds is 6. The summed E-state index contributed by atoms with van der Waals surface area (Å²) in [5.41, 5.74) is 0. The third-order valence-electron chi connectivity index (χ3n) is 3.25. The number of nitrogens with zero attached hydrogens (tertiary/aromatic N) is 1. The second-order valence-corrected chi connectivity index (χ2v) is 5.01. The Balaban J connectivity index is 2.51. The lowest BCUT2D eigenvalue weighted by atomic mass is 10.4. The molecule has 0 spiro atoms. The monoisotopic (exact) mass is 230 g/mol. The molecule has 0 amide bonds. The molecule has 0 aromatic heterocycles. The fourth-order valence-corrected chi connectivity index (χ4v) is 2.93. The molecule has 1 rings (SSSR count). The lowest BCUT2D eigenvalue weighted by Gasteiger charge is -2.29. The third-order valence-corrected chi connectivity index (χ3v) is 4.14.